The molecule has 1 aromatic rings. The molecule has 1 radical (unpaired) electrons. The normalized spacial score (nSPS) is 20.6. The molecule has 3 heteroatoms. The lowest BCUT2D eigenvalue weighted by molar-refractivity contribution is 0.150. The first-order valence-corrected chi connectivity index (χ1v) is 6.34. The Balaban J connectivity index is 1.63. The van der Waals surface area contributed by atoms with E-state index >= 15 is 0 Å². The van der Waals surface area contributed by atoms with E-state index in [-0.39, 0.29) is 6.61 Å². The van der Waals surface area contributed by atoms with Crippen molar-refractivity contribution in [2.24, 2.45) is 0 Å². The fourth-order valence-electron chi connectivity index (χ4n) is 2.32. The molecular formula is C14H20NO2. The molecule has 1 N–H and O–H groups in total. The van der Waals surface area contributed by atoms with E-state index in [1.807, 2.05) is 24.3 Å². The SMILES string of the molecule is OCC1CCCN1CCCOc1c[c]ccc1. The smallest absolute Gasteiger partial charge is 0.119 e. The van der Waals surface area contributed by atoms with Gasteiger partial charge in [0.25, 0.3) is 0 Å². The number of rotatable bonds is 6. The van der Waals surface area contributed by atoms with E-state index < -0.39 is 0 Å². The zero-order chi connectivity index (χ0) is 11.9. The minimum Gasteiger partial charge on any atom is -0.494 e. The molecule has 1 fully saturated rings. The van der Waals surface area contributed by atoms with Crippen molar-refractivity contribution >= 4 is 0 Å². The maximum absolute atomic E-state index is 9.19. The van der Waals surface area contributed by atoms with Crippen molar-refractivity contribution < 1.29 is 9.84 Å². The van der Waals surface area contributed by atoms with Gasteiger partial charge in [0.1, 0.15) is 5.75 Å². The minimum atomic E-state index is 0.286. The number of nitrogens with zero attached hydrogens (tertiary/aromatic N) is 1. The van der Waals surface area contributed by atoms with Crippen LogP contribution < -0.4 is 4.74 Å². The van der Waals surface area contributed by atoms with Crippen molar-refractivity contribution in [2.75, 3.05) is 26.3 Å². The number of hydrogen-bond donors (Lipinski definition) is 1. The van der Waals surface area contributed by atoms with Crippen LogP contribution in [0.5, 0.6) is 5.75 Å². The van der Waals surface area contributed by atoms with Gasteiger partial charge in [0.05, 0.1) is 13.2 Å². The van der Waals surface area contributed by atoms with Crippen molar-refractivity contribution in [3.05, 3.63) is 30.3 Å². The van der Waals surface area contributed by atoms with Crippen molar-refractivity contribution in [1.29, 1.82) is 0 Å². The summed E-state index contributed by atoms with van der Waals surface area (Å²) in [5, 5.41) is 9.19. The van der Waals surface area contributed by atoms with E-state index in [0.717, 1.165) is 38.3 Å². The van der Waals surface area contributed by atoms with Gasteiger partial charge in [0, 0.05) is 12.6 Å². The molecule has 1 heterocycles. The predicted octanol–water partition coefficient (Wildman–Crippen LogP) is 1.71. The third-order valence-electron chi connectivity index (χ3n) is 3.25. The Morgan fingerprint density at radius 2 is 2.47 bits per heavy atom. The van der Waals surface area contributed by atoms with Crippen LogP contribution in [0.3, 0.4) is 0 Å². The largest absolute Gasteiger partial charge is 0.494 e. The number of likely N-dealkylation sites (tertiary alicyclic amines) is 1. The molecule has 0 saturated carbocycles. The molecule has 17 heavy (non-hydrogen) atoms. The zero-order valence-corrected chi connectivity index (χ0v) is 10.1. The summed E-state index contributed by atoms with van der Waals surface area (Å²) in [6.07, 6.45) is 3.34. The highest BCUT2D eigenvalue weighted by Crippen LogP contribution is 2.16. The maximum atomic E-state index is 9.19. The Kier molecular flexibility index (Phi) is 4.83. The van der Waals surface area contributed by atoms with Crippen LogP contribution in [0.25, 0.3) is 0 Å². The summed E-state index contributed by atoms with van der Waals surface area (Å²) in [6.45, 7) is 3.15. The van der Waals surface area contributed by atoms with Crippen LogP contribution in [0, 0.1) is 6.07 Å². The molecular weight excluding hydrogens is 214 g/mol. The summed E-state index contributed by atoms with van der Waals surface area (Å²) in [7, 11) is 0. The van der Waals surface area contributed by atoms with Crippen LogP contribution in [-0.2, 0) is 0 Å². The first kappa shape index (κ1) is 12.4. The monoisotopic (exact) mass is 234 g/mol. The third-order valence-corrected chi connectivity index (χ3v) is 3.25. The minimum absolute atomic E-state index is 0.286. The molecule has 0 spiro atoms. The molecule has 1 aliphatic rings. The lowest BCUT2D eigenvalue weighted by Crippen LogP contribution is -2.33. The second kappa shape index (κ2) is 6.62. The Morgan fingerprint density at radius 1 is 1.53 bits per heavy atom. The quantitative estimate of drug-likeness (QED) is 0.761. The van der Waals surface area contributed by atoms with E-state index in [1.54, 1.807) is 0 Å². The molecule has 93 valence electrons. The predicted molar refractivity (Wildman–Crippen MR) is 67.1 cm³/mol. The Hall–Kier alpha value is -1.06. The van der Waals surface area contributed by atoms with Gasteiger partial charge in [-0.1, -0.05) is 12.1 Å². The molecule has 0 amide bonds. The Morgan fingerprint density at radius 3 is 3.24 bits per heavy atom. The van der Waals surface area contributed by atoms with Gasteiger partial charge >= 0.3 is 0 Å². The van der Waals surface area contributed by atoms with Crippen LogP contribution in [0.15, 0.2) is 24.3 Å². The Labute approximate surface area is 103 Å². The van der Waals surface area contributed by atoms with Crippen LogP contribution in [-0.4, -0.2) is 42.4 Å². The lowest BCUT2D eigenvalue weighted by Gasteiger charge is -2.22. The van der Waals surface area contributed by atoms with Gasteiger partial charge in [-0.25, -0.2) is 0 Å². The average molecular weight is 234 g/mol. The number of hydrogen-bond acceptors (Lipinski definition) is 3. The van der Waals surface area contributed by atoms with Crippen LogP contribution in [0.4, 0.5) is 0 Å². The van der Waals surface area contributed by atoms with E-state index in [1.165, 1.54) is 6.42 Å². The molecule has 1 aromatic carbocycles. The molecule has 2 rings (SSSR count). The molecule has 1 unspecified atom stereocenters. The van der Waals surface area contributed by atoms with Gasteiger partial charge in [-0.2, -0.15) is 0 Å². The van der Waals surface area contributed by atoms with Crippen LogP contribution >= 0.6 is 0 Å². The van der Waals surface area contributed by atoms with Gasteiger partial charge in [-0.3, -0.25) is 4.90 Å². The maximum Gasteiger partial charge on any atom is 0.119 e. The van der Waals surface area contributed by atoms with Crippen LogP contribution in [0.1, 0.15) is 19.3 Å². The molecule has 0 aliphatic carbocycles. The Bertz CT molecular complexity index is 315. The summed E-state index contributed by atoms with van der Waals surface area (Å²) in [4.78, 5) is 2.36. The van der Waals surface area contributed by atoms with E-state index in [0.29, 0.717) is 6.04 Å². The van der Waals surface area contributed by atoms with Gasteiger partial charge in [-0.05, 0) is 44.0 Å². The van der Waals surface area contributed by atoms with E-state index in [2.05, 4.69) is 11.0 Å². The molecule has 1 atom stereocenters. The number of aliphatic hydroxyl groups excluding tert-OH is 1. The van der Waals surface area contributed by atoms with Crippen LogP contribution in [0.2, 0.25) is 0 Å². The molecule has 1 saturated heterocycles. The third kappa shape index (κ3) is 3.72. The lowest BCUT2D eigenvalue weighted by atomic mass is 10.2. The number of ether oxygens (including phenoxy) is 1. The standard InChI is InChI=1S/C14H20NO2/c16-12-13-6-4-9-15(13)10-5-11-17-14-7-2-1-3-8-14/h1-2,7-8,13,16H,4-6,9-12H2. The van der Waals surface area contributed by atoms with Gasteiger partial charge in [0.15, 0.2) is 0 Å². The summed E-state index contributed by atoms with van der Waals surface area (Å²) >= 11 is 0. The second-order valence-corrected chi connectivity index (χ2v) is 4.46. The van der Waals surface area contributed by atoms with Gasteiger partial charge < -0.3 is 9.84 Å². The highest BCUT2D eigenvalue weighted by molar-refractivity contribution is 5.19. The topological polar surface area (TPSA) is 32.7 Å². The van der Waals surface area contributed by atoms with Gasteiger partial charge in [0.2, 0.25) is 0 Å². The fourth-order valence-corrected chi connectivity index (χ4v) is 2.32. The summed E-state index contributed by atoms with van der Waals surface area (Å²) < 4.78 is 5.61. The number of benzene rings is 1. The first-order chi connectivity index (χ1) is 8.40. The van der Waals surface area contributed by atoms with Crippen molar-refractivity contribution in [3.8, 4) is 5.75 Å². The average Bonchev–Trinajstić information content (AvgIpc) is 2.83. The molecule has 0 aromatic heterocycles. The van der Waals surface area contributed by atoms with Crippen molar-refractivity contribution in [2.45, 2.75) is 25.3 Å². The first-order valence-electron chi connectivity index (χ1n) is 6.34. The summed E-state index contributed by atoms with van der Waals surface area (Å²) in [5.74, 6) is 0.882. The second-order valence-electron chi connectivity index (χ2n) is 4.46. The molecule has 3 nitrogen and oxygen atoms in total. The van der Waals surface area contributed by atoms with E-state index in [4.69, 9.17) is 4.74 Å². The molecule has 1 aliphatic heterocycles. The molecule has 0 bridgehead atoms. The van der Waals surface area contributed by atoms with Crippen molar-refractivity contribution in [3.63, 3.8) is 0 Å². The highest BCUT2D eigenvalue weighted by Gasteiger charge is 2.22. The zero-order valence-electron chi connectivity index (χ0n) is 10.1. The fraction of sp³-hybridized carbons (Fsp3) is 0.571. The highest BCUT2D eigenvalue weighted by atomic mass is 16.5. The van der Waals surface area contributed by atoms with E-state index in [9.17, 15) is 5.11 Å². The number of aliphatic hydroxyl groups is 1. The van der Waals surface area contributed by atoms with Crippen molar-refractivity contribution in [1.82, 2.24) is 4.90 Å². The summed E-state index contributed by atoms with van der Waals surface area (Å²) in [6, 6.07) is 11.0. The van der Waals surface area contributed by atoms with Gasteiger partial charge in [-0.15, -0.1) is 0 Å². The summed E-state index contributed by atoms with van der Waals surface area (Å²) in [5.41, 5.74) is 0.